The fourth-order valence-corrected chi connectivity index (χ4v) is 7.78. The predicted octanol–water partition coefficient (Wildman–Crippen LogP) is 7.19. The van der Waals surface area contributed by atoms with Crippen LogP contribution in [0.1, 0.15) is 83.9 Å². The minimum Gasteiger partial charge on any atom is -0.471 e. The lowest BCUT2D eigenvalue weighted by Crippen LogP contribution is -2.43. The smallest absolute Gasteiger partial charge is 0.320 e. The number of aldehydes is 1. The van der Waals surface area contributed by atoms with E-state index in [1.54, 1.807) is 10.9 Å². The largest absolute Gasteiger partial charge is 0.471 e. The molecule has 0 spiro atoms. The molecule has 3 atom stereocenters. The Balaban J connectivity index is 1.36. The molecule has 3 fully saturated rings. The number of hydrogen-bond donors (Lipinski definition) is 0. The molecular formula is C35H41ClF2N6O4. The Bertz CT molecular complexity index is 1840. The molecule has 0 amide bonds. The topological polar surface area (TPSA) is 104 Å². The number of alkyl halides is 1. The van der Waals surface area contributed by atoms with E-state index in [9.17, 15) is 9.18 Å². The van der Waals surface area contributed by atoms with Gasteiger partial charge in [-0.15, -0.1) is 0 Å². The van der Waals surface area contributed by atoms with Gasteiger partial charge in [-0.2, -0.15) is 15.1 Å². The van der Waals surface area contributed by atoms with E-state index in [0.717, 1.165) is 44.9 Å². The van der Waals surface area contributed by atoms with Crippen molar-refractivity contribution in [1.82, 2.24) is 29.6 Å². The average molecular weight is 683 g/mol. The van der Waals surface area contributed by atoms with Gasteiger partial charge < -0.3 is 19.0 Å². The van der Waals surface area contributed by atoms with Crippen LogP contribution in [0.2, 0.25) is 5.02 Å². The van der Waals surface area contributed by atoms with Gasteiger partial charge >= 0.3 is 6.01 Å². The van der Waals surface area contributed by atoms with Crippen LogP contribution in [0.3, 0.4) is 0 Å². The van der Waals surface area contributed by atoms with E-state index in [1.165, 1.54) is 6.20 Å². The maximum absolute atomic E-state index is 17.1. The highest BCUT2D eigenvalue weighted by Crippen LogP contribution is 2.43. The zero-order chi connectivity index (χ0) is 33.6. The van der Waals surface area contributed by atoms with Crippen molar-refractivity contribution in [2.45, 2.75) is 102 Å². The Hall–Kier alpha value is -3.48. The number of halogens is 3. The van der Waals surface area contributed by atoms with Crippen molar-refractivity contribution in [3.8, 4) is 23.1 Å². The molecule has 1 unspecified atom stereocenters. The quantitative estimate of drug-likeness (QED) is 0.127. The number of hydrogen-bond acceptors (Lipinski definition) is 9. The summed E-state index contributed by atoms with van der Waals surface area (Å²) in [6.45, 7) is 7.64. The van der Waals surface area contributed by atoms with Gasteiger partial charge in [0.1, 0.15) is 35.9 Å². The molecule has 6 heterocycles. The zero-order valence-electron chi connectivity index (χ0n) is 27.6. The lowest BCUT2D eigenvalue weighted by molar-refractivity contribution is -0.107. The van der Waals surface area contributed by atoms with Crippen molar-refractivity contribution in [2.75, 3.05) is 26.3 Å². The monoisotopic (exact) mass is 682 g/mol. The number of carbonyl (C=O) groups excluding carboxylic acids is 1. The van der Waals surface area contributed by atoms with Crippen LogP contribution >= 0.6 is 11.6 Å². The predicted molar refractivity (Wildman–Crippen MR) is 178 cm³/mol. The number of nitrogens with zero attached hydrogens (tertiary/aromatic N) is 6. The Morgan fingerprint density at radius 2 is 2.04 bits per heavy atom. The Labute approximate surface area is 283 Å². The first-order chi connectivity index (χ1) is 23.1. The summed E-state index contributed by atoms with van der Waals surface area (Å²) in [5, 5.41) is 6.05. The first-order valence-corrected chi connectivity index (χ1v) is 17.3. The lowest BCUT2D eigenvalue weighted by atomic mass is 9.95. The maximum atomic E-state index is 17.1. The van der Waals surface area contributed by atoms with Crippen LogP contribution in [0.5, 0.6) is 11.9 Å². The summed E-state index contributed by atoms with van der Waals surface area (Å²) in [6.07, 6.45) is 9.13. The minimum atomic E-state index is -0.915. The molecule has 3 aromatic heterocycles. The van der Waals surface area contributed by atoms with Crippen molar-refractivity contribution >= 4 is 39.7 Å². The molecule has 0 saturated carbocycles. The number of rotatable bonds is 10. The molecule has 0 aliphatic carbocycles. The fourth-order valence-electron chi connectivity index (χ4n) is 7.49. The summed E-state index contributed by atoms with van der Waals surface area (Å²) in [5.74, 6) is -0.550. The first-order valence-electron chi connectivity index (χ1n) is 16.9. The molecule has 3 aliphatic heterocycles. The van der Waals surface area contributed by atoms with Crippen LogP contribution in [-0.4, -0.2) is 79.5 Å². The van der Waals surface area contributed by atoms with E-state index < -0.39 is 23.1 Å². The van der Waals surface area contributed by atoms with Gasteiger partial charge in [-0.05, 0) is 83.9 Å². The third-order valence-corrected chi connectivity index (χ3v) is 9.97. The number of ether oxygens (including phenoxy) is 3. The standard InChI is InChI=1S/C35H41ClF2N6O4/c1-34(2,3)48-32-24-17-39-31(29(38)30(24)41-33(42-32)47-20-35-11-8-12-43(35)19-21(37)16-35)28-22(9-4-6-13-45)25(36)15-26-23(28)18-40-44(26)27-10-5-7-14-46-27/h13,15,17-18,21,27H,4-12,14,16,19-20H2,1-3H3/t21-,27?,35+/m1/s1. The van der Waals surface area contributed by atoms with Gasteiger partial charge in [0, 0.05) is 48.2 Å². The number of pyridine rings is 1. The molecule has 48 heavy (non-hydrogen) atoms. The van der Waals surface area contributed by atoms with E-state index in [0.29, 0.717) is 65.9 Å². The van der Waals surface area contributed by atoms with Crippen molar-refractivity contribution in [3.63, 3.8) is 0 Å². The minimum absolute atomic E-state index is 0.0187. The fraction of sp³-hybridized carbons (Fsp3) is 0.571. The highest BCUT2D eigenvalue weighted by Gasteiger charge is 2.49. The van der Waals surface area contributed by atoms with E-state index in [4.69, 9.17) is 25.8 Å². The van der Waals surface area contributed by atoms with E-state index in [-0.39, 0.29) is 41.3 Å². The molecule has 3 aliphatic rings. The normalized spacial score (nSPS) is 23.2. The van der Waals surface area contributed by atoms with E-state index in [2.05, 4.69) is 25.0 Å². The van der Waals surface area contributed by atoms with Crippen LogP contribution in [0.25, 0.3) is 33.1 Å². The van der Waals surface area contributed by atoms with Crippen LogP contribution in [0.4, 0.5) is 8.78 Å². The van der Waals surface area contributed by atoms with Crippen LogP contribution in [-0.2, 0) is 16.0 Å². The Kier molecular flexibility index (Phi) is 9.01. The second-order valence-corrected chi connectivity index (χ2v) is 14.6. The Morgan fingerprint density at radius 3 is 2.81 bits per heavy atom. The van der Waals surface area contributed by atoms with Crippen molar-refractivity contribution in [3.05, 3.63) is 34.9 Å². The van der Waals surface area contributed by atoms with E-state index in [1.807, 2.05) is 26.8 Å². The number of aromatic nitrogens is 5. The molecule has 7 rings (SSSR count). The summed E-state index contributed by atoms with van der Waals surface area (Å²) in [7, 11) is 0. The SMILES string of the molecule is CC(C)(C)Oc1nc(OC[C@@]23CCCN2C[C@H](F)C3)nc2c(F)c(-c3c(CCCC=O)c(Cl)cc4c3cnn4C3CCCCO3)ncc12. The van der Waals surface area contributed by atoms with Crippen molar-refractivity contribution in [2.24, 2.45) is 0 Å². The van der Waals surface area contributed by atoms with Crippen molar-refractivity contribution in [1.29, 1.82) is 0 Å². The molecule has 0 N–H and O–H groups in total. The van der Waals surface area contributed by atoms with E-state index >= 15 is 4.39 Å². The van der Waals surface area contributed by atoms with Crippen LogP contribution in [0.15, 0.2) is 18.5 Å². The molecule has 10 nitrogen and oxygen atoms in total. The van der Waals surface area contributed by atoms with Gasteiger partial charge in [0.05, 0.1) is 22.6 Å². The van der Waals surface area contributed by atoms with Crippen LogP contribution in [0, 0.1) is 5.82 Å². The number of benzene rings is 1. The van der Waals surface area contributed by atoms with Gasteiger partial charge in [0.25, 0.3) is 0 Å². The number of unbranched alkanes of at least 4 members (excludes halogenated alkanes) is 1. The summed E-state index contributed by atoms with van der Waals surface area (Å²) in [4.78, 5) is 27.1. The number of fused-ring (bicyclic) bond motifs is 3. The van der Waals surface area contributed by atoms with Crippen molar-refractivity contribution < 1.29 is 27.8 Å². The molecule has 4 aromatic rings. The highest BCUT2D eigenvalue weighted by atomic mass is 35.5. The summed E-state index contributed by atoms with van der Waals surface area (Å²) in [5.41, 5.74) is 0.786. The summed E-state index contributed by atoms with van der Waals surface area (Å²) in [6, 6.07) is 1.78. The van der Waals surface area contributed by atoms with Gasteiger partial charge in [-0.25, -0.2) is 13.5 Å². The summed E-state index contributed by atoms with van der Waals surface area (Å²) >= 11 is 6.94. The molecule has 256 valence electrons. The molecule has 1 aromatic carbocycles. The molecule has 13 heteroatoms. The number of carbonyl (C=O) groups is 1. The third-order valence-electron chi connectivity index (χ3n) is 9.63. The lowest BCUT2D eigenvalue weighted by Gasteiger charge is -2.31. The third kappa shape index (κ3) is 6.22. The Morgan fingerprint density at radius 1 is 1.19 bits per heavy atom. The van der Waals surface area contributed by atoms with Gasteiger partial charge in [0.15, 0.2) is 12.0 Å². The average Bonchev–Trinajstić information content (AvgIpc) is 3.73. The molecule has 0 radical (unpaired) electrons. The highest BCUT2D eigenvalue weighted by molar-refractivity contribution is 6.33. The second-order valence-electron chi connectivity index (χ2n) is 14.2. The molecular weight excluding hydrogens is 642 g/mol. The zero-order valence-corrected chi connectivity index (χ0v) is 28.4. The van der Waals surface area contributed by atoms with Crippen LogP contribution < -0.4 is 9.47 Å². The molecule has 3 saturated heterocycles. The van der Waals surface area contributed by atoms with Gasteiger partial charge in [-0.3, -0.25) is 9.88 Å². The maximum Gasteiger partial charge on any atom is 0.320 e. The summed E-state index contributed by atoms with van der Waals surface area (Å²) < 4.78 is 51.7. The second kappa shape index (κ2) is 13.1. The van der Waals surface area contributed by atoms with Gasteiger partial charge in [-0.1, -0.05) is 11.6 Å². The molecule has 0 bridgehead atoms. The first kappa shape index (κ1) is 33.0. The van der Waals surface area contributed by atoms with Gasteiger partial charge in [0.2, 0.25) is 5.88 Å².